The molecule has 6 rings (SSSR count). The number of carbonyl (C=O) groups is 1. The molecule has 2 aromatic heterocycles. The molecule has 2 saturated carbocycles. The summed E-state index contributed by atoms with van der Waals surface area (Å²) >= 11 is 1.33. The molecule has 2 fully saturated rings. The lowest BCUT2D eigenvalue weighted by Gasteiger charge is -2.14. The standard InChI is InChI=1S/C26H20N2O4S2/c27-14-23-19(10-11-33-23)24-18-6-1-2-7-22(18)28(34(31,32)17-8-9-17)25(24)16-5-3-4-15(12-16)20-13-21(20)26(29)30/h1-7,10-12,17,20-21H,8-9,13H2,(H,29,30). The number of rotatable bonds is 6. The van der Waals surface area contributed by atoms with Crippen LogP contribution in [0, 0.1) is 17.2 Å². The Labute approximate surface area is 200 Å². The van der Waals surface area contributed by atoms with Crippen LogP contribution < -0.4 is 0 Å². The van der Waals surface area contributed by atoms with Crippen molar-refractivity contribution in [1.82, 2.24) is 3.97 Å². The maximum absolute atomic E-state index is 13.7. The zero-order valence-corrected chi connectivity index (χ0v) is 19.6. The quantitative estimate of drug-likeness (QED) is 0.390. The van der Waals surface area contributed by atoms with Gasteiger partial charge < -0.3 is 5.11 Å². The number of hydrogen-bond donors (Lipinski definition) is 1. The fourth-order valence-corrected chi connectivity index (χ4v) is 7.48. The number of carboxylic acid groups (broad SMARTS) is 1. The molecule has 0 spiro atoms. The predicted octanol–water partition coefficient (Wildman–Crippen LogP) is 5.44. The first-order valence-corrected chi connectivity index (χ1v) is 13.5. The van der Waals surface area contributed by atoms with Crippen LogP contribution in [0.4, 0.5) is 0 Å². The Morgan fingerprint density at radius 1 is 1.12 bits per heavy atom. The van der Waals surface area contributed by atoms with E-state index in [4.69, 9.17) is 0 Å². The fourth-order valence-electron chi connectivity index (χ4n) is 4.87. The van der Waals surface area contributed by atoms with E-state index in [0.717, 1.165) is 16.5 Å². The molecule has 0 amide bonds. The van der Waals surface area contributed by atoms with Crippen molar-refractivity contribution < 1.29 is 18.3 Å². The van der Waals surface area contributed by atoms with Gasteiger partial charge in [-0.05, 0) is 54.3 Å². The Bertz CT molecular complexity index is 1620. The number of benzene rings is 2. The molecular weight excluding hydrogens is 468 g/mol. The topological polar surface area (TPSA) is 100 Å². The van der Waals surface area contributed by atoms with Gasteiger partial charge in [-0.1, -0.05) is 36.4 Å². The summed E-state index contributed by atoms with van der Waals surface area (Å²) in [7, 11) is -3.66. The summed E-state index contributed by atoms with van der Waals surface area (Å²) in [6, 6.07) is 19.1. The molecule has 170 valence electrons. The highest BCUT2D eigenvalue weighted by Crippen LogP contribution is 2.50. The third-order valence-electron chi connectivity index (χ3n) is 6.76. The van der Waals surface area contributed by atoms with Gasteiger partial charge in [-0.25, -0.2) is 12.4 Å². The lowest BCUT2D eigenvalue weighted by Crippen LogP contribution is -2.18. The number of hydrogen-bond acceptors (Lipinski definition) is 5. The first-order chi connectivity index (χ1) is 16.4. The summed E-state index contributed by atoms with van der Waals surface area (Å²) in [4.78, 5) is 12.0. The molecule has 2 aliphatic rings. The third kappa shape index (κ3) is 3.19. The number of aromatic nitrogens is 1. The van der Waals surface area contributed by atoms with Gasteiger partial charge in [-0.15, -0.1) is 11.3 Å². The molecule has 2 aromatic carbocycles. The average Bonchev–Trinajstić information content (AvgIpc) is 3.75. The molecule has 0 saturated heterocycles. The van der Waals surface area contributed by atoms with Crippen molar-refractivity contribution >= 4 is 38.2 Å². The minimum atomic E-state index is -3.66. The number of fused-ring (bicyclic) bond motifs is 1. The van der Waals surface area contributed by atoms with Crippen LogP contribution in [0.3, 0.4) is 0 Å². The highest BCUT2D eigenvalue weighted by Gasteiger charge is 2.44. The van der Waals surface area contributed by atoms with Gasteiger partial charge in [0.15, 0.2) is 0 Å². The fraction of sp³-hybridized carbons (Fsp3) is 0.231. The van der Waals surface area contributed by atoms with Crippen molar-refractivity contribution in [2.45, 2.75) is 30.4 Å². The Morgan fingerprint density at radius 3 is 2.62 bits per heavy atom. The first kappa shape index (κ1) is 21.1. The van der Waals surface area contributed by atoms with Crippen LogP contribution in [0.1, 0.15) is 35.6 Å². The molecule has 2 unspecified atom stereocenters. The highest BCUT2D eigenvalue weighted by molar-refractivity contribution is 7.91. The SMILES string of the molecule is N#Cc1sccc1-c1c(-c2cccc(C3CC3C(=O)O)c2)n(S(=O)(=O)C2CC2)c2ccccc12. The van der Waals surface area contributed by atoms with Crippen molar-refractivity contribution in [2.75, 3.05) is 0 Å². The second kappa shape index (κ2) is 7.55. The maximum Gasteiger partial charge on any atom is 0.307 e. The zero-order chi connectivity index (χ0) is 23.6. The van der Waals surface area contributed by atoms with Crippen molar-refractivity contribution in [3.8, 4) is 28.5 Å². The van der Waals surface area contributed by atoms with Crippen LogP contribution in [-0.2, 0) is 14.8 Å². The third-order valence-corrected chi connectivity index (χ3v) is 9.79. The minimum absolute atomic E-state index is 0.0745. The Hall–Kier alpha value is -3.41. The molecule has 6 nitrogen and oxygen atoms in total. The molecule has 2 heterocycles. The van der Waals surface area contributed by atoms with Crippen LogP contribution >= 0.6 is 11.3 Å². The van der Waals surface area contributed by atoms with Gasteiger partial charge in [0.2, 0.25) is 10.0 Å². The van der Waals surface area contributed by atoms with Crippen molar-refractivity contribution in [3.05, 3.63) is 70.4 Å². The van der Waals surface area contributed by atoms with Crippen molar-refractivity contribution in [1.29, 1.82) is 5.26 Å². The lowest BCUT2D eigenvalue weighted by molar-refractivity contribution is -0.138. The number of carboxylic acids is 1. The number of nitriles is 1. The van der Waals surface area contributed by atoms with E-state index in [1.54, 1.807) is 0 Å². The van der Waals surface area contributed by atoms with Crippen LogP contribution in [0.5, 0.6) is 0 Å². The maximum atomic E-state index is 13.7. The lowest BCUT2D eigenvalue weighted by atomic mass is 9.97. The number of aliphatic carboxylic acids is 1. The molecule has 2 aliphatic carbocycles. The molecule has 0 radical (unpaired) electrons. The Kier molecular flexibility index (Phi) is 4.70. The first-order valence-electron chi connectivity index (χ1n) is 11.1. The summed E-state index contributed by atoms with van der Waals surface area (Å²) in [6.45, 7) is 0. The van der Waals surface area contributed by atoms with Gasteiger partial charge in [0, 0.05) is 22.1 Å². The largest absolute Gasteiger partial charge is 0.481 e. The van der Waals surface area contributed by atoms with Gasteiger partial charge in [0.25, 0.3) is 0 Å². The van der Waals surface area contributed by atoms with Crippen LogP contribution in [-0.4, -0.2) is 28.7 Å². The second-order valence-electron chi connectivity index (χ2n) is 8.94. The summed E-state index contributed by atoms with van der Waals surface area (Å²) in [5.41, 5.74) is 4.16. The Morgan fingerprint density at radius 2 is 1.91 bits per heavy atom. The van der Waals surface area contributed by atoms with E-state index in [2.05, 4.69) is 6.07 Å². The van der Waals surface area contributed by atoms with Gasteiger partial charge in [-0.2, -0.15) is 5.26 Å². The van der Waals surface area contributed by atoms with Gasteiger partial charge in [-0.3, -0.25) is 4.79 Å². The number of nitrogens with zero attached hydrogens (tertiary/aromatic N) is 2. The van der Waals surface area contributed by atoms with Crippen molar-refractivity contribution in [3.63, 3.8) is 0 Å². The number of para-hydroxylation sites is 1. The van der Waals surface area contributed by atoms with Crippen LogP contribution in [0.25, 0.3) is 33.3 Å². The summed E-state index contributed by atoms with van der Waals surface area (Å²) < 4.78 is 28.9. The molecule has 8 heteroatoms. The molecular formula is C26H20N2O4S2. The van der Waals surface area contributed by atoms with Crippen LogP contribution in [0.2, 0.25) is 0 Å². The molecule has 4 aromatic rings. The molecule has 0 bridgehead atoms. The Balaban J connectivity index is 1.68. The van der Waals surface area contributed by atoms with E-state index < -0.39 is 27.2 Å². The predicted molar refractivity (Wildman–Crippen MR) is 131 cm³/mol. The van der Waals surface area contributed by atoms with E-state index in [9.17, 15) is 23.6 Å². The molecule has 1 N–H and O–H groups in total. The summed E-state index contributed by atoms with van der Waals surface area (Å²) in [5, 5.41) is 21.4. The minimum Gasteiger partial charge on any atom is -0.481 e. The van der Waals surface area contributed by atoms with E-state index in [1.165, 1.54) is 15.3 Å². The smallest absolute Gasteiger partial charge is 0.307 e. The van der Waals surface area contributed by atoms with Gasteiger partial charge in [0.1, 0.15) is 10.9 Å². The van der Waals surface area contributed by atoms with E-state index in [0.29, 0.717) is 46.5 Å². The normalized spacial score (nSPS) is 19.7. The molecule has 2 atom stereocenters. The second-order valence-corrected chi connectivity index (χ2v) is 11.9. The summed E-state index contributed by atoms with van der Waals surface area (Å²) in [5.74, 6) is -1.29. The molecule has 34 heavy (non-hydrogen) atoms. The van der Waals surface area contributed by atoms with E-state index in [1.807, 2.05) is 60.0 Å². The van der Waals surface area contributed by atoms with Crippen molar-refractivity contribution in [2.24, 2.45) is 5.92 Å². The van der Waals surface area contributed by atoms with E-state index >= 15 is 0 Å². The molecule has 0 aliphatic heterocycles. The summed E-state index contributed by atoms with van der Waals surface area (Å²) in [6.07, 6.45) is 1.85. The van der Waals surface area contributed by atoms with E-state index in [-0.39, 0.29) is 5.92 Å². The van der Waals surface area contributed by atoms with Gasteiger partial charge >= 0.3 is 5.97 Å². The highest BCUT2D eigenvalue weighted by atomic mass is 32.2. The van der Waals surface area contributed by atoms with Crippen LogP contribution in [0.15, 0.2) is 60.0 Å². The average molecular weight is 489 g/mol. The number of thiophene rings is 1. The zero-order valence-electron chi connectivity index (χ0n) is 18.0. The monoisotopic (exact) mass is 488 g/mol. The van der Waals surface area contributed by atoms with Gasteiger partial charge in [0.05, 0.1) is 22.4 Å².